The number of nitrogens with one attached hydrogen (secondary N) is 1. The van der Waals surface area contributed by atoms with Crippen molar-refractivity contribution in [3.63, 3.8) is 0 Å². The van der Waals surface area contributed by atoms with Crippen molar-refractivity contribution in [3.8, 4) is 0 Å². The monoisotopic (exact) mass is 341 g/mol. The molecule has 6 heteroatoms. The predicted molar refractivity (Wildman–Crippen MR) is 95.1 cm³/mol. The Morgan fingerprint density at radius 3 is 2.60 bits per heavy atom. The third-order valence-corrected chi connectivity index (χ3v) is 4.35. The van der Waals surface area contributed by atoms with Crippen molar-refractivity contribution in [1.29, 1.82) is 0 Å². The van der Waals surface area contributed by atoms with Crippen LogP contribution in [0.15, 0.2) is 47.1 Å². The lowest BCUT2D eigenvalue weighted by molar-refractivity contribution is -0.136. The molecule has 2 aromatic rings. The molecule has 1 aliphatic rings. The first-order valence-electron chi connectivity index (χ1n) is 8.50. The predicted octanol–water partition coefficient (Wildman–Crippen LogP) is 1.94. The van der Waals surface area contributed by atoms with E-state index in [9.17, 15) is 9.59 Å². The molecule has 0 bridgehead atoms. The molecule has 132 valence electrons. The van der Waals surface area contributed by atoms with Gasteiger partial charge in [-0.2, -0.15) is 0 Å². The summed E-state index contributed by atoms with van der Waals surface area (Å²) in [6, 6.07) is 11.9. The Kier molecular flexibility index (Phi) is 5.38. The van der Waals surface area contributed by atoms with Crippen molar-refractivity contribution in [1.82, 2.24) is 10.2 Å². The van der Waals surface area contributed by atoms with Crippen molar-refractivity contribution < 1.29 is 14.0 Å². The minimum absolute atomic E-state index is 0.120. The maximum absolute atomic E-state index is 12.3. The summed E-state index contributed by atoms with van der Waals surface area (Å²) < 4.78 is 5.15. The van der Waals surface area contributed by atoms with E-state index in [2.05, 4.69) is 35.3 Å². The van der Waals surface area contributed by atoms with E-state index in [0.29, 0.717) is 25.4 Å². The van der Waals surface area contributed by atoms with E-state index in [-0.39, 0.29) is 18.2 Å². The van der Waals surface area contributed by atoms with Crippen molar-refractivity contribution in [2.75, 3.05) is 31.1 Å². The van der Waals surface area contributed by atoms with Gasteiger partial charge in [-0.3, -0.25) is 9.59 Å². The number of aryl methyl sites for hydroxylation is 1. The van der Waals surface area contributed by atoms with E-state index in [4.69, 9.17) is 4.42 Å². The summed E-state index contributed by atoms with van der Waals surface area (Å²) in [4.78, 5) is 28.2. The van der Waals surface area contributed by atoms with Gasteiger partial charge in [0.2, 0.25) is 11.8 Å². The van der Waals surface area contributed by atoms with E-state index >= 15 is 0 Å². The minimum Gasteiger partial charge on any atom is -0.467 e. The molecular weight excluding hydrogens is 318 g/mol. The molecule has 1 aromatic carbocycles. The zero-order valence-corrected chi connectivity index (χ0v) is 14.4. The number of anilines is 1. The van der Waals surface area contributed by atoms with Crippen LogP contribution >= 0.6 is 0 Å². The van der Waals surface area contributed by atoms with Crippen LogP contribution in [0.1, 0.15) is 17.7 Å². The third-order valence-electron chi connectivity index (χ3n) is 4.35. The minimum atomic E-state index is -0.275. The van der Waals surface area contributed by atoms with Crippen molar-refractivity contribution >= 4 is 17.5 Å². The fourth-order valence-corrected chi connectivity index (χ4v) is 2.95. The number of hydrogen-bond acceptors (Lipinski definition) is 4. The number of rotatable bonds is 5. The van der Waals surface area contributed by atoms with Crippen LogP contribution in [0.5, 0.6) is 0 Å². The summed E-state index contributed by atoms with van der Waals surface area (Å²) in [6.45, 7) is 5.22. The van der Waals surface area contributed by atoms with Gasteiger partial charge in [0, 0.05) is 31.9 Å². The first-order chi connectivity index (χ1) is 12.1. The number of piperazine rings is 1. The number of benzene rings is 1. The van der Waals surface area contributed by atoms with Crippen LogP contribution in [-0.2, 0) is 16.1 Å². The molecule has 1 aromatic heterocycles. The van der Waals surface area contributed by atoms with Crippen LogP contribution in [0.4, 0.5) is 5.69 Å². The molecule has 0 unspecified atom stereocenters. The topological polar surface area (TPSA) is 65.8 Å². The van der Waals surface area contributed by atoms with Gasteiger partial charge in [0.1, 0.15) is 12.2 Å². The van der Waals surface area contributed by atoms with Gasteiger partial charge in [-0.25, -0.2) is 0 Å². The molecule has 25 heavy (non-hydrogen) atoms. The Bertz CT molecular complexity index is 719. The number of carbonyl (C=O) groups excluding carboxylic acids is 2. The number of carbonyl (C=O) groups is 2. The van der Waals surface area contributed by atoms with Gasteiger partial charge in [-0.05, 0) is 36.8 Å². The van der Waals surface area contributed by atoms with E-state index < -0.39 is 0 Å². The quantitative estimate of drug-likeness (QED) is 0.844. The Balaban J connectivity index is 1.44. The second-order valence-electron chi connectivity index (χ2n) is 6.24. The average molecular weight is 341 g/mol. The van der Waals surface area contributed by atoms with Gasteiger partial charge < -0.3 is 19.5 Å². The highest BCUT2D eigenvalue weighted by Crippen LogP contribution is 2.18. The Morgan fingerprint density at radius 1 is 1.12 bits per heavy atom. The summed E-state index contributed by atoms with van der Waals surface area (Å²) in [5, 5.41) is 2.71. The number of nitrogens with zero attached hydrogens (tertiary/aromatic N) is 2. The fourth-order valence-electron chi connectivity index (χ4n) is 2.95. The highest BCUT2D eigenvalue weighted by Gasteiger charge is 2.23. The summed E-state index contributed by atoms with van der Waals surface area (Å²) in [5.74, 6) is 0.274. The molecule has 1 saturated heterocycles. The lowest BCUT2D eigenvalue weighted by atomic mass is 10.2. The SMILES string of the molecule is Cc1cccc(N2CCN(C(=O)CC(=O)NCc3ccco3)CC2)c1. The van der Waals surface area contributed by atoms with Crippen LogP contribution in [-0.4, -0.2) is 42.9 Å². The van der Waals surface area contributed by atoms with Gasteiger partial charge in [-0.1, -0.05) is 12.1 Å². The van der Waals surface area contributed by atoms with E-state index in [0.717, 1.165) is 13.1 Å². The molecule has 2 amide bonds. The molecule has 2 heterocycles. The van der Waals surface area contributed by atoms with E-state index in [1.165, 1.54) is 11.3 Å². The molecule has 0 atom stereocenters. The molecule has 0 aliphatic carbocycles. The molecule has 1 fully saturated rings. The van der Waals surface area contributed by atoms with Gasteiger partial charge in [-0.15, -0.1) is 0 Å². The summed E-state index contributed by atoms with van der Waals surface area (Å²) >= 11 is 0. The van der Waals surface area contributed by atoms with Gasteiger partial charge >= 0.3 is 0 Å². The Morgan fingerprint density at radius 2 is 1.92 bits per heavy atom. The number of amides is 2. The van der Waals surface area contributed by atoms with Crippen LogP contribution in [0.2, 0.25) is 0 Å². The highest BCUT2D eigenvalue weighted by molar-refractivity contribution is 5.96. The standard InChI is InChI=1S/C19H23N3O3/c1-15-4-2-5-16(12-15)21-7-9-22(10-8-21)19(24)13-18(23)20-14-17-6-3-11-25-17/h2-6,11-12H,7-10,13-14H2,1H3,(H,20,23). The van der Waals surface area contributed by atoms with Crippen LogP contribution in [0, 0.1) is 6.92 Å². The van der Waals surface area contributed by atoms with Crippen molar-refractivity contribution in [3.05, 3.63) is 54.0 Å². The first-order valence-corrected chi connectivity index (χ1v) is 8.50. The molecule has 0 saturated carbocycles. The maximum Gasteiger partial charge on any atom is 0.232 e. The van der Waals surface area contributed by atoms with E-state index in [1.54, 1.807) is 23.3 Å². The average Bonchev–Trinajstić information content (AvgIpc) is 3.14. The van der Waals surface area contributed by atoms with Gasteiger partial charge in [0.25, 0.3) is 0 Å². The Hall–Kier alpha value is -2.76. The highest BCUT2D eigenvalue weighted by atomic mass is 16.3. The van der Waals surface area contributed by atoms with Crippen LogP contribution in [0.25, 0.3) is 0 Å². The fraction of sp³-hybridized carbons (Fsp3) is 0.368. The third kappa shape index (κ3) is 4.62. The summed E-state index contributed by atoms with van der Waals surface area (Å²) in [7, 11) is 0. The summed E-state index contributed by atoms with van der Waals surface area (Å²) in [6.07, 6.45) is 1.44. The second-order valence-corrected chi connectivity index (χ2v) is 6.24. The molecule has 0 radical (unpaired) electrons. The molecule has 1 aliphatic heterocycles. The zero-order chi connectivity index (χ0) is 17.6. The van der Waals surface area contributed by atoms with Crippen molar-refractivity contribution in [2.45, 2.75) is 19.9 Å². The van der Waals surface area contributed by atoms with Crippen LogP contribution < -0.4 is 10.2 Å². The molecule has 0 spiro atoms. The molecule has 6 nitrogen and oxygen atoms in total. The largest absolute Gasteiger partial charge is 0.467 e. The van der Waals surface area contributed by atoms with Gasteiger partial charge in [0.15, 0.2) is 0 Å². The number of furan rings is 1. The molecule has 3 rings (SSSR count). The number of hydrogen-bond donors (Lipinski definition) is 1. The Labute approximate surface area is 147 Å². The first kappa shape index (κ1) is 17.1. The van der Waals surface area contributed by atoms with E-state index in [1.807, 2.05) is 6.07 Å². The maximum atomic E-state index is 12.3. The summed E-state index contributed by atoms with van der Waals surface area (Å²) in [5.41, 5.74) is 2.41. The van der Waals surface area contributed by atoms with Gasteiger partial charge in [0.05, 0.1) is 12.8 Å². The smallest absolute Gasteiger partial charge is 0.232 e. The zero-order valence-electron chi connectivity index (χ0n) is 14.4. The lowest BCUT2D eigenvalue weighted by Gasteiger charge is -2.36. The molecule has 1 N–H and O–H groups in total. The second kappa shape index (κ2) is 7.88. The normalized spacial score (nSPS) is 14.4. The van der Waals surface area contributed by atoms with Crippen molar-refractivity contribution in [2.24, 2.45) is 0 Å². The van der Waals surface area contributed by atoms with Crippen LogP contribution in [0.3, 0.4) is 0 Å². The molecular formula is C19H23N3O3. The lowest BCUT2D eigenvalue weighted by Crippen LogP contribution is -2.49.